The van der Waals surface area contributed by atoms with Gasteiger partial charge in [-0.15, -0.1) is 0 Å². The zero-order valence-corrected chi connectivity index (χ0v) is 11.9. The zero-order valence-electron chi connectivity index (χ0n) is 11.2. The van der Waals surface area contributed by atoms with E-state index in [0.29, 0.717) is 17.4 Å². The molecule has 1 heterocycles. The summed E-state index contributed by atoms with van der Waals surface area (Å²) in [6.07, 6.45) is 1.23. The molecule has 3 nitrogen and oxygen atoms in total. The van der Waals surface area contributed by atoms with Crippen molar-refractivity contribution in [3.63, 3.8) is 0 Å². The van der Waals surface area contributed by atoms with E-state index in [0.717, 1.165) is 32.1 Å². The lowest BCUT2D eigenvalue weighted by atomic mass is 10.1. The van der Waals surface area contributed by atoms with Gasteiger partial charge in [-0.3, -0.25) is 4.90 Å². The van der Waals surface area contributed by atoms with E-state index in [9.17, 15) is 4.39 Å². The maximum absolute atomic E-state index is 12.9. The molecule has 0 saturated carbocycles. The van der Waals surface area contributed by atoms with Crippen molar-refractivity contribution in [2.24, 2.45) is 5.92 Å². The standard InChI is InChI=1S/C14H20ClFN2O/c1-17-9-11-4-5-18(10-11)6-7-19-14-3-2-12(16)8-13(14)15/h2-3,8,11,17H,4-7,9-10H2,1H3. The van der Waals surface area contributed by atoms with Crippen molar-refractivity contribution in [1.29, 1.82) is 0 Å². The van der Waals surface area contributed by atoms with Crippen molar-refractivity contribution in [3.05, 3.63) is 29.0 Å². The second-order valence-electron chi connectivity index (χ2n) is 4.94. The number of halogens is 2. The molecule has 2 rings (SSSR count). The molecule has 1 atom stereocenters. The Bertz CT molecular complexity index is 416. The molecule has 0 bridgehead atoms. The minimum Gasteiger partial charge on any atom is -0.491 e. The summed E-state index contributed by atoms with van der Waals surface area (Å²) >= 11 is 5.90. The van der Waals surface area contributed by atoms with E-state index in [-0.39, 0.29) is 5.82 Å². The highest BCUT2D eigenvalue weighted by atomic mass is 35.5. The van der Waals surface area contributed by atoms with Crippen LogP contribution in [0.5, 0.6) is 5.75 Å². The molecule has 1 fully saturated rings. The van der Waals surface area contributed by atoms with Gasteiger partial charge in [0.05, 0.1) is 5.02 Å². The number of rotatable bonds is 6. The molecule has 19 heavy (non-hydrogen) atoms. The highest BCUT2D eigenvalue weighted by Gasteiger charge is 2.21. The fraction of sp³-hybridized carbons (Fsp3) is 0.571. The quantitative estimate of drug-likeness (QED) is 0.869. The van der Waals surface area contributed by atoms with Crippen molar-refractivity contribution in [2.45, 2.75) is 6.42 Å². The molecule has 106 valence electrons. The molecular formula is C14H20ClFN2O. The van der Waals surface area contributed by atoms with E-state index in [1.807, 2.05) is 7.05 Å². The number of ether oxygens (including phenoxy) is 1. The summed E-state index contributed by atoms with van der Waals surface area (Å²) in [6, 6.07) is 4.21. The number of hydrogen-bond acceptors (Lipinski definition) is 3. The molecule has 1 aliphatic rings. The predicted molar refractivity (Wildman–Crippen MR) is 75.4 cm³/mol. The predicted octanol–water partition coefficient (Wildman–Crippen LogP) is 2.40. The lowest BCUT2D eigenvalue weighted by molar-refractivity contribution is 0.232. The van der Waals surface area contributed by atoms with Gasteiger partial charge in [-0.2, -0.15) is 0 Å². The molecule has 0 radical (unpaired) electrons. The smallest absolute Gasteiger partial charge is 0.138 e. The fourth-order valence-corrected chi connectivity index (χ4v) is 2.67. The van der Waals surface area contributed by atoms with Crippen LogP contribution in [0.25, 0.3) is 0 Å². The van der Waals surface area contributed by atoms with E-state index in [2.05, 4.69) is 10.2 Å². The average molecular weight is 287 g/mol. The topological polar surface area (TPSA) is 24.5 Å². The van der Waals surface area contributed by atoms with Gasteiger partial charge in [-0.25, -0.2) is 4.39 Å². The first-order chi connectivity index (χ1) is 9.19. The van der Waals surface area contributed by atoms with Crippen LogP contribution in [-0.4, -0.2) is 44.7 Å². The monoisotopic (exact) mass is 286 g/mol. The second-order valence-corrected chi connectivity index (χ2v) is 5.34. The third-order valence-corrected chi connectivity index (χ3v) is 3.72. The largest absolute Gasteiger partial charge is 0.491 e. The molecule has 0 amide bonds. The van der Waals surface area contributed by atoms with Crippen LogP contribution in [0.3, 0.4) is 0 Å². The van der Waals surface area contributed by atoms with Crippen LogP contribution >= 0.6 is 11.6 Å². The first-order valence-corrected chi connectivity index (χ1v) is 7.01. The molecule has 1 aromatic carbocycles. The van der Waals surface area contributed by atoms with Crippen molar-refractivity contribution in [3.8, 4) is 5.75 Å². The van der Waals surface area contributed by atoms with Crippen molar-refractivity contribution >= 4 is 11.6 Å². The summed E-state index contributed by atoms with van der Waals surface area (Å²) in [5, 5.41) is 3.54. The Kier molecular flexibility index (Phi) is 5.43. The van der Waals surface area contributed by atoms with Crippen LogP contribution in [0.4, 0.5) is 4.39 Å². The molecule has 1 saturated heterocycles. The SMILES string of the molecule is CNCC1CCN(CCOc2ccc(F)cc2Cl)C1. The van der Waals surface area contributed by atoms with Crippen LogP contribution in [0, 0.1) is 11.7 Å². The van der Waals surface area contributed by atoms with E-state index in [1.165, 1.54) is 18.6 Å². The normalized spacial score (nSPS) is 19.8. The average Bonchev–Trinajstić information content (AvgIpc) is 2.80. The molecule has 5 heteroatoms. The molecule has 0 aromatic heterocycles. The summed E-state index contributed by atoms with van der Waals surface area (Å²) in [7, 11) is 1.99. The fourth-order valence-electron chi connectivity index (χ4n) is 2.45. The van der Waals surface area contributed by atoms with Gasteiger partial charge in [0.2, 0.25) is 0 Å². The number of nitrogens with one attached hydrogen (secondary N) is 1. The summed E-state index contributed by atoms with van der Waals surface area (Å²) < 4.78 is 18.5. The van der Waals surface area contributed by atoms with Crippen molar-refractivity contribution in [2.75, 3.05) is 39.8 Å². The van der Waals surface area contributed by atoms with Crippen molar-refractivity contribution < 1.29 is 9.13 Å². The molecule has 1 N–H and O–H groups in total. The molecule has 1 aromatic rings. The van der Waals surface area contributed by atoms with Crippen LogP contribution in [0.1, 0.15) is 6.42 Å². The Morgan fingerprint density at radius 2 is 2.37 bits per heavy atom. The zero-order chi connectivity index (χ0) is 13.7. The minimum absolute atomic E-state index is 0.328. The van der Waals surface area contributed by atoms with E-state index < -0.39 is 0 Å². The van der Waals surface area contributed by atoms with Crippen LogP contribution in [0.15, 0.2) is 18.2 Å². The molecule has 1 aliphatic heterocycles. The molecular weight excluding hydrogens is 267 g/mol. The first-order valence-electron chi connectivity index (χ1n) is 6.64. The maximum atomic E-state index is 12.9. The third kappa shape index (κ3) is 4.34. The molecule has 0 aliphatic carbocycles. The summed E-state index contributed by atoms with van der Waals surface area (Å²) in [4.78, 5) is 2.39. The van der Waals surface area contributed by atoms with Gasteiger partial charge in [-0.1, -0.05) is 11.6 Å². The van der Waals surface area contributed by atoms with Crippen LogP contribution < -0.4 is 10.1 Å². The van der Waals surface area contributed by atoms with E-state index in [1.54, 1.807) is 6.07 Å². The lowest BCUT2D eigenvalue weighted by Crippen LogP contribution is -2.28. The van der Waals surface area contributed by atoms with Crippen molar-refractivity contribution in [1.82, 2.24) is 10.2 Å². The number of nitrogens with zero attached hydrogens (tertiary/aromatic N) is 1. The van der Waals surface area contributed by atoms with Gasteiger partial charge >= 0.3 is 0 Å². The van der Waals surface area contributed by atoms with Gasteiger partial charge < -0.3 is 10.1 Å². The number of benzene rings is 1. The third-order valence-electron chi connectivity index (χ3n) is 3.42. The van der Waals surface area contributed by atoms with Gasteiger partial charge in [-0.05, 0) is 50.7 Å². The molecule has 0 spiro atoms. The minimum atomic E-state index is -0.341. The lowest BCUT2D eigenvalue weighted by Gasteiger charge is -2.16. The van der Waals surface area contributed by atoms with E-state index in [4.69, 9.17) is 16.3 Å². The van der Waals surface area contributed by atoms with Crippen LogP contribution in [-0.2, 0) is 0 Å². The summed E-state index contributed by atoms with van der Waals surface area (Å²) in [5.41, 5.74) is 0. The Balaban J connectivity index is 1.72. The van der Waals surface area contributed by atoms with Gasteiger partial charge in [0, 0.05) is 13.1 Å². The van der Waals surface area contributed by atoms with E-state index >= 15 is 0 Å². The highest BCUT2D eigenvalue weighted by molar-refractivity contribution is 6.32. The van der Waals surface area contributed by atoms with Gasteiger partial charge in [0.15, 0.2) is 0 Å². The number of likely N-dealkylation sites (tertiary alicyclic amines) is 1. The second kappa shape index (κ2) is 7.08. The Hall–Kier alpha value is -0.840. The summed E-state index contributed by atoms with van der Waals surface area (Å²) in [6.45, 7) is 4.76. The number of hydrogen-bond donors (Lipinski definition) is 1. The van der Waals surface area contributed by atoms with Gasteiger partial charge in [0.1, 0.15) is 18.2 Å². The highest BCUT2D eigenvalue weighted by Crippen LogP contribution is 2.25. The first kappa shape index (κ1) is 14.6. The Labute approximate surface area is 118 Å². The Morgan fingerprint density at radius 3 is 3.11 bits per heavy atom. The Morgan fingerprint density at radius 1 is 1.53 bits per heavy atom. The van der Waals surface area contributed by atoms with Crippen LogP contribution in [0.2, 0.25) is 5.02 Å². The van der Waals surface area contributed by atoms with Gasteiger partial charge in [0.25, 0.3) is 0 Å². The summed E-state index contributed by atoms with van der Waals surface area (Å²) in [5.74, 6) is 0.945. The molecule has 1 unspecified atom stereocenters. The maximum Gasteiger partial charge on any atom is 0.138 e.